The SMILES string of the molecule is CCCCCn1cccc(-c2csc(NC)n2)c1=O. The minimum absolute atomic E-state index is 0.0477. The molecule has 2 rings (SSSR count). The molecule has 102 valence electrons. The number of anilines is 1. The molecule has 0 unspecified atom stereocenters. The molecule has 0 aliphatic carbocycles. The molecule has 0 saturated carbocycles. The number of pyridine rings is 1. The predicted octanol–water partition coefficient (Wildman–Crippen LogP) is 3.20. The van der Waals surface area contributed by atoms with Gasteiger partial charge in [-0.1, -0.05) is 19.8 Å². The van der Waals surface area contributed by atoms with E-state index in [2.05, 4.69) is 17.2 Å². The average molecular weight is 277 g/mol. The van der Waals surface area contributed by atoms with Gasteiger partial charge in [-0.05, 0) is 18.6 Å². The second-order valence-corrected chi connectivity index (χ2v) is 5.27. The second-order valence-electron chi connectivity index (χ2n) is 4.42. The van der Waals surface area contributed by atoms with Crippen molar-refractivity contribution < 1.29 is 0 Å². The quantitative estimate of drug-likeness (QED) is 0.825. The van der Waals surface area contributed by atoms with E-state index in [1.807, 2.05) is 30.8 Å². The Morgan fingerprint density at radius 1 is 1.42 bits per heavy atom. The maximum absolute atomic E-state index is 12.4. The van der Waals surface area contributed by atoms with Gasteiger partial charge in [0.1, 0.15) is 0 Å². The van der Waals surface area contributed by atoms with Gasteiger partial charge in [0, 0.05) is 25.2 Å². The highest BCUT2D eigenvalue weighted by Crippen LogP contribution is 2.21. The summed E-state index contributed by atoms with van der Waals surface area (Å²) in [5.41, 5.74) is 1.48. The summed E-state index contributed by atoms with van der Waals surface area (Å²) in [5.74, 6) is 0. The smallest absolute Gasteiger partial charge is 0.260 e. The molecule has 0 spiro atoms. The maximum Gasteiger partial charge on any atom is 0.260 e. The highest BCUT2D eigenvalue weighted by molar-refractivity contribution is 7.14. The van der Waals surface area contributed by atoms with E-state index in [9.17, 15) is 4.79 Å². The fraction of sp³-hybridized carbons (Fsp3) is 0.429. The highest BCUT2D eigenvalue weighted by atomic mass is 32.1. The Kier molecular flexibility index (Phi) is 4.74. The first-order valence-electron chi connectivity index (χ1n) is 6.59. The number of hydrogen-bond acceptors (Lipinski definition) is 4. The third kappa shape index (κ3) is 3.23. The Labute approximate surface area is 117 Å². The van der Waals surface area contributed by atoms with Gasteiger partial charge in [0.15, 0.2) is 5.13 Å². The van der Waals surface area contributed by atoms with Gasteiger partial charge in [0.05, 0.1) is 11.3 Å². The largest absolute Gasteiger partial charge is 0.365 e. The molecule has 0 radical (unpaired) electrons. The van der Waals surface area contributed by atoms with Crippen molar-refractivity contribution in [3.05, 3.63) is 34.1 Å². The molecule has 0 atom stereocenters. The number of rotatable bonds is 6. The molecule has 0 bridgehead atoms. The molecule has 0 aromatic carbocycles. The van der Waals surface area contributed by atoms with Crippen molar-refractivity contribution in [2.75, 3.05) is 12.4 Å². The van der Waals surface area contributed by atoms with E-state index in [4.69, 9.17) is 0 Å². The minimum atomic E-state index is 0.0477. The average Bonchev–Trinajstić information content (AvgIpc) is 2.89. The summed E-state index contributed by atoms with van der Waals surface area (Å²) >= 11 is 1.51. The van der Waals surface area contributed by atoms with E-state index >= 15 is 0 Å². The zero-order chi connectivity index (χ0) is 13.7. The lowest BCUT2D eigenvalue weighted by atomic mass is 10.2. The zero-order valence-electron chi connectivity index (χ0n) is 11.3. The summed E-state index contributed by atoms with van der Waals surface area (Å²) < 4.78 is 1.78. The third-order valence-corrected chi connectivity index (χ3v) is 3.88. The fourth-order valence-corrected chi connectivity index (χ4v) is 2.62. The van der Waals surface area contributed by atoms with Gasteiger partial charge < -0.3 is 9.88 Å². The van der Waals surface area contributed by atoms with Gasteiger partial charge in [0.2, 0.25) is 0 Å². The second kappa shape index (κ2) is 6.52. The molecule has 2 aromatic heterocycles. The van der Waals surface area contributed by atoms with E-state index in [0.29, 0.717) is 5.56 Å². The summed E-state index contributed by atoms with van der Waals surface area (Å²) in [6, 6.07) is 3.76. The normalized spacial score (nSPS) is 10.6. The van der Waals surface area contributed by atoms with Crippen LogP contribution in [0.15, 0.2) is 28.5 Å². The van der Waals surface area contributed by atoms with Crippen molar-refractivity contribution in [1.29, 1.82) is 0 Å². The molecule has 2 heterocycles. The Bertz CT molecular complexity index is 588. The first-order chi connectivity index (χ1) is 9.26. The first kappa shape index (κ1) is 13.8. The van der Waals surface area contributed by atoms with E-state index in [0.717, 1.165) is 36.6 Å². The van der Waals surface area contributed by atoms with E-state index in [1.165, 1.54) is 11.3 Å². The van der Waals surface area contributed by atoms with Crippen LogP contribution in [0.4, 0.5) is 5.13 Å². The summed E-state index contributed by atoms with van der Waals surface area (Å²) in [6.07, 6.45) is 5.20. The van der Waals surface area contributed by atoms with Crippen LogP contribution in [-0.4, -0.2) is 16.6 Å². The molecule has 0 fully saturated rings. The predicted molar refractivity (Wildman–Crippen MR) is 80.9 cm³/mol. The van der Waals surface area contributed by atoms with E-state index < -0.39 is 0 Å². The lowest BCUT2D eigenvalue weighted by Gasteiger charge is -2.06. The van der Waals surface area contributed by atoms with Crippen LogP contribution < -0.4 is 10.9 Å². The molecule has 0 saturated heterocycles. The summed E-state index contributed by atoms with van der Waals surface area (Å²) in [7, 11) is 1.83. The standard InChI is InChI=1S/C14H19N3OS/c1-3-4-5-8-17-9-6-7-11(13(17)18)12-10-19-14(15-2)16-12/h6-7,9-10H,3-5,8H2,1-2H3,(H,15,16). The molecule has 19 heavy (non-hydrogen) atoms. The van der Waals surface area contributed by atoms with Crippen molar-refractivity contribution in [2.45, 2.75) is 32.7 Å². The minimum Gasteiger partial charge on any atom is -0.365 e. The number of unbranched alkanes of at least 4 members (excludes halogenated alkanes) is 2. The molecular formula is C14H19N3OS. The van der Waals surface area contributed by atoms with Gasteiger partial charge >= 0.3 is 0 Å². The van der Waals surface area contributed by atoms with E-state index in [-0.39, 0.29) is 5.56 Å². The third-order valence-electron chi connectivity index (χ3n) is 3.02. The lowest BCUT2D eigenvalue weighted by molar-refractivity contribution is 0.588. The molecule has 0 amide bonds. The number of nitrogens with zero attached hydrogens (tertiary/aromatic N) is 2. The van der Waals surface area contributed by atoms with Gasteiger partial charge in [-0.15, -0.1) is 11.3 Å². The van der Waals surface area contributed by atoms with E-state index in [1.54, 1.807) is 4.57 Å². The highest BCUT2D eigenvalue weighted by Gasteiger charge is 2.09. The number of thiazole rings is 1. The Hall–Kier alpha value is -1.62. The number of nitrogens with one attached hydrogen (secondary N) is 1. The van der Waals surface area contributed by atoms with Crippen LogP contribution in [0.1, 0.15) is 26.2 Å². The molecule has 0 aliphatic heterocycles. The van der Waals surface area contributed by atoms with Crippen LogP contribution in [0.3, 0.4) is 0 Å². The molecule has 1 N–H and O–H groups in total. The molecule has 4 nitrogen and oxygen atoms in total. The topological polar surface area (TPSA) is 46.9 Å². The number of aryl methyl sites for hydroxylation is 1. The van der Waals surface area contributed by atoms with Crippen LogP contribution in [-0.2, 0) is 6.54 Å². The zero-order valence-corrected chi connectivity index (χ0v) is 12.2. The maximum atomic E-state index is 12.4. The molecule has 2 aromatic rings. The van der Waals surface area contributed by atoms with Crippen LogP contribution in [0.5, 0.6) is 0 Å². The van der Waals surface area contributed by atoms with Crippen molar-refractivity contribution in [3.63, 3.8) is 0 Å². The lowest BCUT2D eigenvalue weighted by Crippen LogP contribution is -2.21. The van der Waals surface area contributed by atoms with Gasteiger partial charge in [0.25, 0.3) is 5.56 Å². The van der Waals surface area contributed by atoms with Crippen molar-refractivity contribution in [3.8, 4) is 11.3 Å². The molecule has 0 aliphatic rings. The van der Waals surface area contributed by atoms with Gasteiger partial charge in [-0.3, -0.25) is 4.79 Å². The van der Waals surface area contributed by atoms with Crippen molar-refractivity contribution in [2.24, 2.45) is 0 Å². The van der Waals surface area contributed by atoms with Crippen LogP contribution in [0.2, 0.25) is 0 Å². The Morgan fingerprint density at radius 2 is 2.26 bits per heavy atom. The molecule has 5 heteroatoms. The number of hydrogen-bond donors (Lipinski definition) is 1. The van der Waals surface area contributed by atoms with Gasteiger partial charge in [-0.25, -0.2) is 4.98 Å². The summed E-state index contributed by atoms with van der Waals surface area (Å²) in [5, 5.41) is 5.74. The first-order valence-corrected chi connectivity index (χ1v) is 7.47. The Morgan fingerprint density at radius 3 is 2.95 bits per heavy atom. The van der Waals surface area contributed by atoms with Crippen molar-refractivity contribution in [1.82, 2.24) is 9.55 Å². The van der Waals surface area contributed by atoms with Crippen molar-refractivity contribution >= 4 is 16.5 Å². The Balaban J connectivity index is 2.26. The molecular weight excluding hydrogens is 258 g/mol. The van der Waals surface area contributed by atoms with Gasteiger partial charge in [-0.2, -0.15) is 0 Å². The summed E-state index contributed by atoms with van der Waals surface area (Å²) in [6.45, 7) is 2.94. The van der Waals surface area contributed by atoms with Crippen LogP contribution in [0.25, 0.3) is 11.3 Å². The summed E-state index contributed by atoms with van der Waals surface area (Å²) in [4.78, 5) is 16.8. The fourth-order valence-electron chi connectivity index (χ4n) is 1.95. The van der Waals surface area contributed by atoms with Crippen LogP contribution in [0, 0.1) is 0 Å². The number of aromatic nitrogens is 2. The van der Waals surface area contributed by atoms with Crippen LogP contribution >= 0.6 is 11.3 Å². The monoisotopic (exact) mass is 277 g/mol.